The summed E-state index contributed by atoms with van der Waals surface area (Å²) in [7, 11) is 0. The largest absolute Gasteiger partial charge is 0.465 e. The van der Waals surface area contributed by atoms with Crippen molar-refractivity contribution in [1.29, 1.82) is 0 Å². The molecule has 0 saturated carbocycles. The summed E-state index contributed by atoms with van der Waals surface area (Å²) < 4.78 is 5.81. The van der Waals surface area contributed by atoms with Crippen molar-refractivity contribution in [2.24, 2.45) is 0 Å². The molecule has 5 nitrogen and oxygen atoms in total. The monoisotopic (exact) mass is 366 g/mol. The Morgan fingerprint density at radius 1 is 1.26 bits per heavy atom. The number of rotatable bonds is 4. The third-order valence-electron chi connectivity index (χ3n) is 5.81. The van der Waals surface area contributed by atoms with E-state index in [1.54, 1.807) is 0 Å². The van der Waals surface area contributed by atoms with Crippen LogP contribution in [0.25, 0.3) is 0 Å². The molecule has 5 heteroatoms. The van der Waals surface area contributed by atoms with E-state index in [0.29, 0.717) is 29.1 Å². The van der Waals surface area contributed by atoms with Crippen LogP contribution in [0.3, 0.4) is 0 Å². The van der Waals surface area contributed by atoms with E-state index in [9.17, 15) is 9.59 Å². The molecule has 2 aromatic heterocycles. The number of furan rings is 1. The maximum Gasteiger partial charge on any atom is 0.258 e. The molecule has 4 rings (SSSR count). The van der Waals surface area contributed by atoms with Crippen molar-refractivity contribution in [1.82, 2.24) is 9.88 Å². The van der Waals surface area contributed by atoms with Gasteiger partial charge in [0.25, 0.3) is 5.91 Å². The Hall–Kier alpha value is -2.43. The van der Waals surface area contributed by atoms with Crippen molar-refractivity contribution in [2.45, 2.75) is 64.3 Å². The average molecular weight is 366 g/mol. The van der Waals surface area contributed by atoms with Crippen LogP contribution >= 0.6 is 0 Å². The van der Waals surface area contributed by atoms with Gasteiger partial charge in [-0.05, 0) is 57.6 Å². The van der Waals surface area contributed by atoms with E-state index in [2.05, 4.69) is 4.98 Å². The van der Waals surface area contributed by atoms with Gasteiger partial charge in [0.2, 0.25) is 0 Å². The van der Waals surface area contributed by atoms with Crippen LogP contribution < -0.4 is 0 Å². The number of carbonyl (C=O) groups is 2. The molecule has 1 saturated heterocycles. The van der Waals surface area contributed by atoms with Crippen LogP contribution in [0.2, 0.25) is 0 Å². The predicted molar refractivity (Wildman–Crippen MR) is 102 cm³/mol. The zero-order valence-electron chi connectivity index (χ0n) is 15.9. The number of likely N-dealkylation sites (tertiary alicyclic amines) is 1. The highest BCUT2D eigenvalue weighted by Crippen LogP contribution is 2.32. The molecule has 1 fully saturated rings. The SMILES string of the molecule is Cc1oc2c(c1C(=O)N1CCCCC1CCc1ccccn1)C(=O)CCC2. The summed E-state index contributed by atoms with van der Waals surface area (Å²) in [6.45, 7) is 2.56. The van der Waals surface area contributed by atoms with Crippen LogP contribution in [0.4, 0.5) is 0 Å². The first-order valence-corrected chi connectivity index (χ1v) is 10.0. The highest BCUT2D eigenvalue weighted by Gasteiger charge is 2.35. The number of carbonyl (C=O) groups excluding carboxylic acids is 2. The summed E-state index contributed by atoms with van der Waals surface area (Å²) in [6, 6.07) is 6.14. The average Bonchev–Trinajstić information content (AvgIpc) is 3.04. The molecule has 1 unspecified atom stereocenters. The molecule has 1 atom stereocenters. The van der Waals surface area contributed by atoms with Crippen LogP contribution in [0.1, 0.15) is 76.5 Å². The van der Waals surface area contributed by atoms with E-state index >= 15 is 0 Å². The molecule has 2 aliphatic rings. The number of hydrogen-bond acceptors (Lipinski definition) is 4. The molecule has 1 aliphatic carbocycles. The molecule has 0 spiro atoms. The van der Waals surface area contributed by atoms with E-state index in [-0.39, 0.29) is 17.7 Å². The molecule has 2 aromatic rings. The third-order valence-corrected chi connectivity index (χ3v) is 5.81. The van der Waals surface area contributed by atoms with Gasteiger partial charge in [-0.25, -0.2) is 0 Å². The second-order valence-electron chi connectivity index (χ2n) is 7.62. The fourth-order valence-corrected chi connectivity index (χ4v) is 4.44. The Balaban J connectivity index is 1.56. The lowest BCUT2D eigenvalue weighted by molar-refractivity contribution is 0.0596. The fourth-order valence-electron chi connectivity index (χ4n) is 4.44. The van der Waals surface area contributed by atoms with Gasteiger partial charge in [0.15, 0.2) is 5.78 Å². The van der Waals surface area contributed by atoms with E-state index in [1.165, 1.54) is 0 Å². The van der Waals surface area contributed by atoms with Crippen LogP contribution in [0.5, 0.6) is 0 Å². The third kappa shape index (κ3) is 3.55. The number of aromatic nitrogens is 1. The van der Waals surface area contributed by atoms with Gasteiger partial charge in [-0.15, -0.1) is 0 Å². The topological polar surface area (TPSA) is 63.4 Å². The number of Topliss-reactive ketones (excluding diaryl/α,β-unsaturated/α-hetero) is 1. The molecule has 1 amide bonds. The number of ketones is 1. The zero-order valence-corrected chi connectivity index (χ0v) is 15.9. The highest BCUT2D eigenvalue weighted by atomic mass is 16.3. The lowest BCUT2D eigenvalue weighted by atomic mass is 9.91. The summed E-state index contributed by atoms with van der Waals surface area (Å²) in [5.74, 6) is 1.32. The van der Waals surface area contributed by atoms with Crippen molar-refractivity contribution in [3.05, 3.63) is 52.7 Å². The lowest BCUT2D eigenvalue weighted by Crippen LogP contribution is -2.44. The number of hydrogen-bond donors (Lipinski definition) is 0. The van der Waals surface area contributed by atoms with Gasteiger partial charge in [0.05, 0.1) is 11.1 Å². The number of nitrogens with zero attached hydrogens (tertiary/aromatic N) is 2. The lowest BCUT2D eigenvalue weighted by Gasteiger charge is -2.36. The Morgan fingerprint density at radius 2 is 2.15 bits per heavy atom. The molecular formula is C22H26N2O3. The molecule has 3 heterocycles. The molecule has 27 heavy (non-hydrogen) atoms. The summed E-state index contributed by atoms with van der Waals surface area (Å²) in [5, 5.41) is 0. The Kier molecular flexibility index (Phi) is 5.10. The number of pyridine rings is 1. The molecule has 1 aliphatic heterocycles. The number of aryl methyl sites for hydroxylation is 3. The molecule has 0 aromatic carbocycles. The molecule has 0 N–H and O–H groups in total. The molecule has 0 bridgehead atoms. The van der Waals surface area contributed by atoms with E-state index < -0.39 is 0 Å². The first kappa shape index (κ1) is 18.0. The van der Waals surface area contributed by atoms with Crippen molar-refractivity contribution >= 4 is 11.7 Å². The zero-order chi connectivity index (χ0) is 18.8. The number of fused-ring (bicyclic) bond motifs is 1. The number of amides is 1. The summed E-state index contributed by atoms with van der Waals surface area (Å²) in [5.41, 5.74) is 2.12. The number of piperidine rings is 1. The summed E-state index contributed by atoms with van der Waals surface area (Å²) >= 11 is 0. The second kappa shape index (κ2) is 7.67. The highest BCUT2D eigenvalue weighted by molar-refractivity contribution is 6.10. The van der Waals surface area contributed by atoms with Crippen molar-refractivity contribution in [2.75, 3.05) is 6.54 Å². The standard InChI is InChI=1S/C22H26N2O3/c1-15-20(21-18(25)9-6-10-19(21)27-15)22(26)24-14-5-3-8-17(24)12-11-16-7-2-4-13-23-16/h2,4,7,13,17H,3,5-6,8-12,14H2,1H3. The van der Waals surface area contributed by atoms with Crippen LogP contribution in [-0.2, 0) is 12.8 Å². The van der Waals surface area contributed by atoms with E-state index in [4.69, 9.17) is 4.42 Å². The van der Waals surface area contributed by atoms with E-state index in [0.717, 1.165) is 57.2 Å². The van der Waals surface area contributed by atoms with Crippen molar-refractivity contribution < 1.29 is 14.0 Å². The minimum Gasteiger partial charge on any atom is -0.465 e. The van der Waals surface area contributed by atoms with Gasteiger partial charge in [0.1, 0.15) is 11.5 Å². The smallest absolute Gasteiger partial charge is 0.258 e. The molecular weight excluding hydrogens is 340 g/mol. The Labute approximate surface area is 159 Å². The minimum atomic E-state index is -0.0292. The van der Waals surface area contributed by atoms with Gasteiger partial charge in [-0.3, -0.25) is 14.6 Å². The first-order chi connectivity index (χ1) is 13.1. The van der Waals surface area contributed by atoms with Crippen LogP contribution in [0, 0.1) is 6.92 Å². The van der Waals surface area contributed by atoms with Crippen LogP contribution in [0.15, 0.2) is 28.8 Å². The van der Waals surface area contributed by atoms with Crippen molar-refractivity contribution in [3.63, 3.8) is 0 Å². The first-order valence-electron chi connectivity index (χ1n) is 10.0. The van der Waals surface area contributed by atoms with Gasteiger partial charge in [-0.1, -0.05) is 6.07 Å². The molecule has 0 radical (unpaired) electrons. The maximum absolute atomic E-state index is 13.4. The van der Waals surface area contributed by atoms with Crippen LogP contribution in [-0.4, -0.2) is 34.2 Å². The summed E-state index contributed by atoms with van der Waals surface area (Å²) in [4.78, 5) is 32.3. The van der Waals surface area contributed by atoms with Gasteiger partial charge < -0.3 is 9.32 Å². The fraction of sp³-hybridized carbons (Fsp3) is 0.500. The normalized spacial score (nSPS) is 19.8. The maximum atomic E-state index is 13.4. The van der Waals surface area contributed by atoms with Gasteiger partial charge in [-0.2, -0.15) is 0 Å². The van der Waals surface area contributed by atoms with Crippen molar-refractivity contribution in [3.8, 4) is 0 Å². The quantitative estimate of drug-likeness (QED) is 0.816. The summed E-state index contributed by atoms with van der Waals surface area (Å²) in [6.07, 6.45) is 8.79. The van der Waals surface area contributed by atoms with E-state index in [1.807, 2.05) is 36.2 Å². The Morgan fingerprint density at radius 3 is 2.96 bits per heavy atom. The Bertz CT molecular complexity index is 841. The minimum absolute atomic E-state index is 0.0292. The predicted octanol–water partition coefficient (Wildman–Crippen LogP) is 4.13. The molecule has 142 valence electrons. The van der Waals surface area contributed by atoms with Gasteiger partial charge >= 0.3 is 0 Å². The second-order valence-corrected chi connectivity index (χ2v) is 7.62. The van der Waals surface area contributed by atoms with Gasteiger partial charge in [0, 0.05) is 37.3 Å².